The summed E-state index contributed by atoms with van der Waals surface area (Å²) in [5, 5.41) is 13.5. The van der Waals surface area contributed by atoms with E-state index in [-0.39, 0.29) is 12.5 Å². The summed E-state index contributed by atoms with van der Waals surface area (Å²) in [6.07, 6.45) is -0.673. The molecule has 2 aliphatic rings. The van der Waals surface area contributed by atoms with Crippen LogP contribution in [0, 0.1) is 0 Å². The number of fused-ring (bicyclic) bond motifs is 1. The third-order valence-corrected chi connectivity index (χ3v) is 2.52. The van der Waals surface area contributed by atoms with Crippen LogP contribution >= 0.6 is 15.9 Å². The Balaban J connectivity index is 0.000000461. The molecule has 0 aromatic rings. The summed E-state index contributed by atoms with van der Waals surface area (Å²) in [7, 11) is 0. The second-order valence-corrected chi connectivity index (χ2v) is 3.61. The molecule has 1 amide bonds. The number of halogens is 1. The van der Waals surface area contributed by atoms with Gasteiger partial charge in [-0.05, 0) is 0 Å². The van der Waals surface area contributed by atoms with Crippen molar-refractivity contribution in [2.75, 3.05) is 13.1 Å². The van der Waals surface area contributed by atoms with Gasteiger partial charge in [-0.3, -0.25) is 9.80 Å². The van der Waals surface area contributed by atoms with Crippen LogP contribution in [0.5, 0.6) is 0 Å². The van der Waals surface area contributed by atoms with Crippen LogP contribution in [-0.2, 0) is 4.79 Å². The van der Waals surface area contributed by atoms with Gasteiger partial charge >= 0.3 is 0 Å². The van der Waals surface area contributed by atoms with Crippen molar-refractivity contribution in [2.45, 2.75) is 20.1 Å². The van der Waals surface area contributed by atoms with Gasteiger partial charge in [0.25, 0.3) is 5.91 Å². The van der Waals surface area contributed by atoms with Crippen molar-refractivity contribution in [3.63, 3.8) is 0 Å². The summed E-state index contributed by atoms with van der Waals surface area (Å²) in [5.74, 6) is -0.155. The van der Waals surface area contributed by atoms with Gasteiger partial charge in [-0.25, -0.2) is 5.43 Å². The van der Waals surface area contributed by atoms with Gasteiger partial charge in [0.05, 0.1) is 6.54 Å². The highest BCUT2D eigenvalue weighted by molar-refractivity contribution is 9.11. The Hall–Kier alpha value is -0.590. The van der Waals surface area contributed by atoms with Crippen LogP contribution in [0.3, 0.4) is 0 Å². The molecule has 6 heteroatoms. The van der Waals surface area contributed by atoms with Crippen LogP contribution in [0.4, 0.5) is 0 Å². The van der Waals surface area contributed by atoms with Crippen LogP contribution in [-0.4, -0.2) is 35.3 Å². The van der Waals surface area contributed by atoms with Crippen molar-refractivity contribution >= 4 is 21.8 Å². The molecule has 1 atom stereocenters. The molecule has 2 heterocycles. The normalized spacial score (nSPS) is 25.3. The number of carbonyl (C=O) groups is 1. The molecule has 1 saturated heterocycles. The molecule has 2 aliphatic heterocycles. The number of aliphatic hydroxyl groups is 1. The topological polar surface area (TPSA) is 64.6 Å². The maximum atomic E-state index is 11.2. The highest BCUT2D eigenvalue weighted by Crippen LogP contribution is 2.23. The number of rotatable bonds is 0. The molecular weight excluding hydrogens is 250 g/mol. The van der Waals surface area contributed by atoms with Gasteiger partial charge in [0.1, 0.15) is 5.70 Å². The summed E-state index contributed by atoms with van der Waals surface area (Å²) in [6, 6.07) is 0. The van der Waals surface area contributed by atoms with Gasteiger partial charge in [-0.1, -0.05) is 29.8 Å². The third kappa shape index (κ3) is 1.92. The molecule has 0 saturated carbocycles. The van der Waals surface area contributed by atoms with Crippen LogP contribution in [0.15, 0.2) is 10.2 Å². The van der Waals surface area contributed by atoms with Crippen molar-refractivity contribution in [1.82, 2.24) is 15.8 Å². The van der Waals surface area contributed by atoms with Crippen molar-refractivity contribution in [2.24, 2.45) is 0 Å². The van der Waals surface area contributed by atoms with Gasteiger partial charge in [0.15, 0.2) is 6.23 Å². The third-order valence-electron chi connectivity index (χ3n) is 1.86. The number of hydrazine groups is 1. The quantitative estimate of drug-likeness (QED) is 0.571. The van der Waals surface area contributed by atoms with Crippen LogP contribution in [0.25, 0.3) is 0 Å². The monoisotopic (exact) mass is 263 g/mol. The number of nitrogens with one attached hydrogen (secondary N) is 2. The summed E-state index contributed by atoms with van der Waals surface area (Å²) < 4.78 is 0.777. The Labute approximate surface area is 91.3 Å². The molecular formula is C8H14BrN3O2. The van der Waals surface area contributed by atoms with E-state index in [0.717, 1.165) is 4.48 Å². The minimum Gasteiger partial charge on any atom is -0.370 e. The lowest BCUT2D eigenvalue weighted by molar-refractivity contribution is -0.126. The number of carbonyl (C=O) groups excluding carboxylic acids is 1. The Bertz CT molecular complexity index is 267. The van der Waals surface area contributed by atoms with Gasteiger partial charge < -0.3 is 10.4 Å². The SMILES string of the molecule is CC.O=C1NCC(O)N2NCC(Br)=C12. The predicted molar refractivity (Wildman–Crippen MR) is 56.2 cm³/mol. The Morgan fingerprint density at radius 2 is 2.21 bits per heavy atom. The Morgan fingerprint density at radius 3 is 2.79 bits per heavy atom. The first-order valence-corrected chi connectivity index (χ1v) is 5.37. The lowest BCUT2D eigenvalue weighted by Gasteiger charge is -2.31. The molecule has 5 nitrogen and oxygen atoms in total. The van der Waals surface area contributed by atoms with Gasteiger partial charge in [-0.15, -0.1) is 0 Å². The van der Waals surface area contributed by atoms with Crippen molar-refractivity contribution in [3.8, 4) is 0 Å². The summed E-state index contributed by atoms with van der Waals surface area (Å²) in [5.41, 5.74) is 3.37. The maximum Gasteiger partial charge on any atom is 0.270 e. The van der Waals surface area contributed by atoms with Crippen molar-refractivity contribution < 1.29 is 9.90 Å². The van der Waals surface area contributed by atoms with Crippen molar-refractivity contribution in [1.29, 1.82) is 0 Å². The number of amides is 1. The smallest absolute Gasteiger partial charge is 0.270 e. The lowest BCUT2D eigenvalue weighted by atomic mass is 10.3. The fourth-order valence-corrected chi connectivity index (χ4v) is 1.79. The molecule has 0 spiro atoms. The zero-order valence-corrected chi connectivity index (χ0v) is 9.76. The second kappa shape index (κ2) is 4.77. The molecule has 3 N–H and O–H groups in total. The molecule has 2 rings (SSSR count). The number of piperazine rings is 1. The summed E-state index contributed by atoms with van der Waals surface area (Å²) >= 11 is 3.25. The molecule has 1 fully saturated rings. The fraction of sp³-hybridized carbons (Fsp3) is 0.625. The first-order valence-electron chi connectivity index (χ1n) is 4.58. The van der Waals surface area contributed by atoms with E-state index < -0.39 is 6.23 Å². The second-order valence-electron chi connectivity index (χ2n) is 2.65. The molecule has 0 bridgehead atoms. The molecule has 1 unspecified atom stereocenters. The number of nitrogens with zero attached hydrogens (tertiary/aromatic N) is 1. The Kier molecular flexibility index (Phi) is 3.91. The molecule has 0 aliphatic carbocycles. The van der Waals surface area contributed by atoms with Crippen LogP contribution in [0.2, 0.25) is 0 Å². The van der Waals surface area contributed by atoms with E-state index in [1.807, 2.05) is 13.8 Å². The van der Waals surface area contributed by atoms with Gasteiger partial charge in [0, 0.05) is 11.0 Å². The van der Waals surface area contributed by atoms with Gasteiger partial charge in [0.2, 0.25) is 0 Å². The van der Waals surface area contributed by atoms with E-state index in [1.165, 1.54) is 5.01 Å². The Morgan fingerprint density at radius 1 is 1.57 bits per heavy atom. The molecule has 80 valence electrons. The number of β-amino-alcohol motifs (C(OH)–C–C–N with tert-alkyl or cyclic N) is 1. The highest BCUT2D eigenvalue weighted by atomic mass is 79.9. The highest BCUT2D eigenvalue weighted by Gasteiger charge is 2.35. The summed E-state index contributed by atoms with van der Waals surface area (Å²) in [4.78, 5) is 11.2. The molecule has 14 heavy (non-hydrogen) atoms. The average Bonchev–Trinajstić information content (AvgIpc) is 2.59. The summed E-state index contributed by atoms with van der Waals surface area (Å²) in [6.45, 7) is 4.81. The number of hydrogen-bond acceptors (Lipinski definition) is 4. The van der Waals surface area contributed by atoms with Crippen LogP contribution < -0.4 is 10.7 Å². The van der Waals surface area contributed by atoms with E-state index in [2.05, 4.69) is 26.7 Å². The van der Waals surface area contributed by atoms with E-state index in [9.17, 15) is 9.90 Å². The van der Waals surface area contributed by atoms with E-state index in [1.54, 1.807) is 0 Å². The molecule has 0 aromatic heterocycles. The van der Waals surface area contributed by atoms with E-state index in [4.69, 9.17) is 0 Å². The van der Waals surface area contributed by atoms with Crippen molar-refractivity contribution in [3.05, 3.63) is 10.2 Å². The first-order chi connectivity index (χ1) is 6.70. The minimum atomic E-state index is -0.673. The molecule has 0 aromatic carbocycles. The lowest BCUT2D eigenvalue weighted by Crippen LogP contribution is -2.54. The predicted octanol–water partition coefficient (Wildman–Crippen LogP) is -0.112. The number of aliphatic hydroxyl groups excluding tert-OH is 1. The van der Waals surface area contributed by atoms with E-state index in [0.29, 0.717) is 12.2 Å². The van der Waals surface area contributed by atoms with Gasteiger partial charge in [-0.2, -0.15) is 0 Å². The zero-order chi connectivity index (χ0) is 10.7. The van der Waals surface area contributed by atoms with E-state index >= 15 is 0 Å². The fourth-order valence-electron chi connectivity index (χ4n) is 1.29. The standard InChI is InChI=1S/C6H8BrN3O2.C2H6/c7-3-1-9-10-4(11)2-8-6(12)5(3)10;1-2/h4,9,11H,1-2H2,(H,8,12);1-2H3. The maximum absolute atomic E-state index is 11.2. The van der Waals surface area contributed by atoms with Crippen LogP contribution in [0.1, 0.15) is 13.8 Å². The molecule has 0 radical (unpaired) electrons. The zero-order valence-electron chi connectivity index (χ0n) is 8.17. The minimum absolute atomic E-state index is 0.155. The average molecular weight is 264 g/mol. The largest absolute Gasteiger partial charge is 0.370 e. The number of hydrogen-bond donors (Lipinski definition) is 3. The first kappa shape index (κ1) is 11.5.